The second-order valence-electron chi connectivity index (χ2n) is 3.91. The van der Waals surface area contributed by atoms with E-state index >= 15 is 0 Å². The number of fused-ring (bicyclic) bond motifs is 1. The first-order valence-corrected chi connectivity index (χ1v) is 5.57. The Hall–Kier alpha value is -0.530. The highest BCUT2D eigenvalue weighted by Crippen LogP contribution is 2.30. The van der Waals surface area contributed by atoms with Gasteiger partial charge in [0.2, 0.25) is 5.91 Å². The SMILES string of the molecule is CC.CC1CCN2C(=O)CCC2C1. The van der Waals surface area contributed by atoms with Crippen molar-refractivity contribution in [2.45, 2.75) is 52.5 Å². The Morgan fingerprint density at radius 1 is 1.31 bits per heavy atom. The minimum absolute atomic E-state index is 0.391. The number of carbonyl (C=O) groups is 1. The average molecular weight is 183 g/mol. The van der Waals surface area contributed by atoms with Crippen molar-refractivity contribution in [1.82, 2.24) is 4.90 Å². The van der Waals surface area contributed by atoms with Crippen LogP contribution >= 0.6 is 0 Å². The molecule has 13 heavy (non-hydrogen) atoms. The van der Waals surface area contributed by atoms with Crippen LogP contribution in [0.5, 0.6) is 0 Å². The van der Waals surface area contributed by atoms with Gasteiger partial charge in [0.05, 0.1) is 0 Å². The molecule has 2 aliphatic rings. The molecule has 0 saturated carbocycles. The lowest BCUT2D eigenvalue weighted by atomic mass is 9.93. The molecule has 2 aliphatic heterocycles. The molecule has 2 unspecified atom stereocenters. The molecule has 0 aromatic rings. The Bertz CT molecular complexity index is 179. The van der Waals surface area contributed by atoms with E-state index in [4.69, 9.17) is 0 Å². The molecule has 0 spiro atoms. The summed E-state index contributed by atoms with van der Waals surface area (Å²) in [5.41, 5.74) is 0. The highest BCUT2D eigenvalue weighted by Gasteiger charge is 2.34. The van der Waals surface area contributed by atoms with Crippen LogP contribution in [-0.2, 0) is 4.79 Å². The summed E-state index contributed by atoms with van der Waals surface area (Å²) in [4.78, 5) is 13.3. The van der Waals surface area contributed by atoms with E-state index in [9.17, 15) is 4.79 Å². The Labute approximate surface area is 81.3 Å². The lowest BCUT2D eigenvalue weighted by Gasteiger charge is -2.33. The Morgan fingerprint density at radius 2 is 2.00 bits per heavy atom. The predicted molar refractivity (Wildman–Crippen MR) is 54.5 cm³/mol. The Balaban J connectivity index is 0.000000396. The van der Waals surface area contributed by atoms with E-state index < -0.39 is 0 Å². The summed E-state index contributed by atoms with van der Waals surface area (Å²) in [7, 11) is 0. The summed E-state index contributed by atoms with van der Waals surface area (Å²) < 4.78 is 0. The van der Waals surface area contributed by atoms with E-state index in [0.717, 1.165) is 25.3 Å². The Kier molecular flexibility index (Phi) is 3.76. The van der Waals surface area contributed by atoms with E-state index in [2.05, 4.69) is 11.8 Å². The number of amides is 1. The van der Waals surface area contributed by atoms with Crippen molar-refractivity contribution in [3.63, 3.8) is 0 Å². The molecular weight excluding hydrogens is 162 g/mol. The first-order valence-electron chi connectivity index (χ1n) is 5.57. The normalized spacial score (nSPS) is 32.2. The van der Waals surface area contributed by atoms with Crippen LogP contribution in [0.2, 0.25) is 0 Å². The van der Waals surface area contributed by atoms with Crippen molar-refractivity contribution in [2.75, 3.05) is 6.54 Å². The van der Waals surface area contributed by atoms with Gasteiger partial charge in [0, 0.05) is 19.0 Å². The van der Waals surface area contributed by atoms with Gasteiger partial charge in [-0.25, -0.2) is 0 Å². The maximum absolute atomic E-state index is 11.2. The van der Waals surface area contributed by atoms with Crippen LogP contribution in [0.25, 0.3) is 0 Å². The third-order valence-corrected chi connectivity index (χ3v) is 2.99. The monoisotopic (exact) mass is 183 g/mol. The average Bonchev–Trinajstić information content (AvgIpc) is 2.51. The molecule has 0 bridgehead atoms. The van der Waals surface area contributed by atoms with Crippen molar-refractivity contribution in [1.29, 1.82) is 0 Å². The highest BCUT2D eigenvalue weighted by molar-refractivity contribution is 5.78. The predicted octanol–water partition coefficient (Wildman–Crippen LogP) is 2.43. The molecule has 2 saturated heterocycles. The summed E-state index contributed by atoms with van der Waals surface area (Å²) in [6.07, 6.45) is 4.37. The van der Waals surface area contributed by atoms with Crippen LogP contribution in [0.3, 0.4) is 0 Å². The van der Waals surface area contributed by atoms with Gasteiger partial charge in [-0.05, 0) is 25.2 Å². The highest BCUT2D eigenvalue weighted by atomic mass is 16.2. The lowest BCUT2D eigenvalue weighted by Crippen LogP contribution is -2.39. The zero-order valence-electron chi connectivity index (χ0n) is 9.05. The molecule has 2 rings (SSSR count). The smallest absolute Gasteiger partial charge is 0.222 e. The molecule has 2 fully saturated rings. The van der Waals surface area contributed by atoms with Gasteiger partial charge in [-0.15, -0.1) is 0 Å². The fourth-order valence-corrected chi connectivity index (χ4v) is 2.29. The van der Waals surface area contributed by atoms with Crippen molar-refractivity contribution >= 4 is 5.91 Å². The largest absolute Gasteiger partial charge is 0.340 e. The van der Waals surface area contributed by atoms with Crippen LogP contribution in [0.15, 0.2) is 0 Å². The number of piperidine rings is 1. The molecule has 1 amide bonds. The summed E-state index contributed by atoms with van der Waals surface area (Å²) in [5, 5.41) is 0. The van der Waals surface area contributed by atoms with Crippen LogP contribution < -0.4 is 0 Å². The summed E-state index contributed by atoms with van der Waals surface area (Å²) >= 11 is 0. The van der Waals surface area contributed by atoms with Gasteiger partial charge in [-0.1, -0.05) is 20.8 Å². The third-order valence-electron chi connectivity index (χ3n) is 2.99. The molecule has 2 nitrogen and oxygen atoms in total. The van der Waals surface area contributed by atoms with Crippen molar-refractivity contribution in [2.24, 2.45) is 5.92 Å². The van der Waals surface area contributed by atoms with E-state index in [0.29, 0.717) is 11.9 Å². The molecule has 0 radical (unpaired) electrons. The molecule has 2 heteroatoms. The lowest BCUT2D eigenvalue weighted by molar-refractivity contribution is -0.130. The van der Waals surface area contributed by atoms with Crippen LogP contribution in [-0.4, -0.2) is 23.4 Å². The van der Waals surface area contributed by atoms with Crippen LogP contribution in [0, 0.1) is 5.92 Å². The molecule has 0 N–H and O–H groups in total. The number of rotatable bonds is 0. The summed E-state index contributed by atoms with van der Waals surface area (Å²) in [5.74, 6) is 1.23. The van der Waals surface area contributed by atoms with Crippen LogP contribution in [0.1, 0.15) is 46.5 Å². The maximum atomic E-state index is 11.2. The molecule has 2 heterocycles. The zero-order valence-corrected chi connectivity index (χ0v) is 9.05. The molecule has 2 atom stereocenters. The minimum atomic E-state index is 0.391. The van der Waals surface area contributed by atoms with Gasteiger partial charge < -0.3 is 4.90 Å². The van der Waals surface area contributed by atoms with Crippen LogP contribution in [0.4, 0.5) is 0 Å². The minimum Gasteiger partial charge on any atom is -0.340 e. The van der Waals surface area contributed by atoms with E-state index in [-0.39, 0.29) is 0 Å². The molecular formula is C11H21NO. The quantitative estimate of drug-likeness (QED) is 0.565. The van der Waals surface area contributed by atoms with E-state index in [1.54, 1.807) is 0 Å². The summed E-state index contributed by atoms with van der Waals surface area (Å²) in [6, 6.07) is 0.603. The van der Waals surface area contributed by atoms with Gasteiger partial charge >= 0.3 is 0 Å². The molecule has 0 aromatic heterocycles. The molecule has 0 aromatic carbocycles. The molecule has 0 aliphatic carbocycles. The first kappa shape index (κ1) is 10.6. The number of hydrogen-bond acceptors (Lipinski definition) is 1. The number of hydrogen-bond donors (Lipinski definition) is 0. The first-order chi connectivity index (χ1) is 6.27. The zero-order chi connectivity index (χ0) is 9.84. The van der Waals surface area contributed by atoms with Gasteiger partial charge in [0.15, 0.2) is 0 Å². The van der Waals surface area contributed by atoms with Gasteiger partial charge in [0.1, 0.15) is 0 Å². The van der Waals surface area contributed by atoms with E-state index in [1.807, 2.05) is 13.8 Å². The summed E-state index contributed by atoms with van der Waals surface area (Å²) in [6.45, 7) is 7.31. The van der Waals surface area contributed by atoms with Gasteiger partial charge in [0.25, 0.3) is 0 Å². The topological polar surface area (TPSA) is 20.3 Å². The van der Waals surface area contributed by atoms with Crippen molar-refractivity contribution < 1.29 is 4.79 Å². The number of nitrogens with zero attached hydrogens (tertiary/aromatic N) is 1. The van der Waals surface area contributed by atoms with Gasteiger partial charge in [-0.2, -0.15) is 0 Å². The third kappa shape index (κ3) is 2.23. The van der Waals surface area contributed by atoms with Crippen molar-refractivity contribution in [3.8, 4) is 0 Å². The van der Waals surface area contributed by atoms with Gasteiger partial charge in [-0.3, -0.25) is 4.79 Å². The maximum Gasteiger partial charge on any atom is 0.222 e. The van der Waals surface area contributed by atoms with Crippen molar-refractivity contribution in [3.05, 3.63) is 0 Å². The van der Waals surface area contributed by atoms with E-state index in [1.165, 1.54) is 12.8 Å². The second-order valence-corrected chi connectivity index (χ2v) is 3.91. The fraction of sp³-hybridized carbons (Fsp3) is 0.909. The second kappa shape index (κ2) is 4.64. The fourth-order valence-electron chi connectivity index (χ4n) is 2.29. The Morgan fingerprint density at radius 3 is 2.69 bits per heavy atom. The number of carbonyl (C=O) groups excluding carboxylic acids is 1. The standard InChI is InChI=1S/C9H15NO.C2H6/c1-7-4-5-10-8(6-7)2-3-9(10)11;1-2/h7-8H,2-6H2,1H3;1-2H3. The molecule has 76 valence electrons.